The van der Waals surface area contributed by atoms with Gasteiger partial charge in [0.25, 0.3) is 0 Å². The van der Waals surface area contributed by atoms with Crippen LogP contribution < -0.4 is 0 Å². The van der Waals surface area contributed by atoms with Crippen LogP contribution in [0.2, 0.25) is 0 Å². The Morgan fingerprint density at radius 1 is 1.00 bits per heavy atom. The van der Waals surface area contributed by atoms with Crippen molar-refractivity contribution in [2.45, 2.75) is 0 Å². The standard InChI is InChI=1S/BH3O3.H3O4P/c2-1(3)4;1-5(2,3)4/h2-4H;(H3,1,2,3,4). The monoisotopic (exact) mass is 160 g/mol. The van der Waals surface area contributed by atoms with Crippen molar-refractivity contribution < 1.29 is 34.3 Å². The Morgan fingerprint density at radius 3 is 1.00 bits per heavy atom. The van der Waals surface area contributed by atoms with Crippen molar-refractivity contribution in [1.82, 2.24) is 0 Å². The van der Waals surface area contributed by atoms with E-state index >= 15 is 0 Å². The Bertz CT molecular complexity index is 80.1. The summed E-state index contributed by atoms with van der Waals surface area (Å²) >= 11 is 0. The minimum atomic E-state index is -4.64. The van der Waals surface area contributed by atoms with Gasteiger partial charge in [0.05, 0.1) is 0 Å². The van der Waals surface area contributed by atoms with E-state index in [1.54, 1.807) is 0 Å². The molecule has 0 heterocycles. The van der Waals surface area contributed by atoms with Crippen LogP contribution >= 0.6 is 7.82 Å². The van der Waals surface area contributed by atoms with Gasteiger partial charge < -0.3 is 29.8 Å². The molecule has 0 unspecified atom stereocenters. The van der Waals surface area contributed by atoms with E-state index in [2.05, 4.69) is 0 Å². The SMILES string of the molecule is O=P(O)(O)O.OB(O)O. The number of rotatable bonds is 0. The molecule has 0 aliphatic carbocycles. The van der Waals surface area contributed by atoms with Crippen molar-refractivity contribution in [3.05, 3.63) is 0 Å². The van der Waals surface area contributed by atoms with Crippen LogP contribution in [0.5, 0.6) is 0 Å². The van der Waals surface area contributed by atoms with Crippen molar-refractivity contribution in [2.75, 3.05) is 0 Å². The third-order valence-corrected chi connectivity index (χ3v) is 0. The Kier molecular flexibility index (Phi) is 6.41. The molecule has 7 nitrogen and oxygen atoms in total. The second-order valence-electron chi connectivity index (χ2n) is 0.860. The number of hydrogen-bond acceptors (Lipinski definition) is 4. The predicted octanol–water partition coefficient (Wildman–Crippen LogP) is -2.98. The summed E-state index contributed by atoms with van der Waals surface area (Å²) in [6, 6.07) is 0. The normalized spacial score (nSPS) is 9.56. The fourth-order valence-corrected chi connectivity index (χ4v) is 0. The van der Waals surface area contributed by atoms with Gasteiger partial charge in [-0.1, -0.05) is 0 Å². The van der Waals surface area contributed by atoms with E-state index in [-0.39, 0.29) is 0 Å². The summed E-state index contributed by atoms with van der Waals surface area (Å²) in [6.07, 6.45) is 0. The molecule has 9 heavy (non-hydrogen) atoms. The van der Waals surface area contributed by atoms with Gasteiger partial charge in [0.1, 0.15) is 0 Å². The summed E-state index contributed by atoms with van der Waals surface area (Å²) in [5, 5.41) is 21.5. The van der Waals surface area contributed by atoms with Gasteiger partial charge in [-0.15, -0.1) is 0 Å². The van der Waals surface area contributed by atoms with Crippen molar-refractivity contribution in [3.63, 3.8) is 0 Å². The number of hydrogen-bond donors (Lipinski definition) is 6. The lowest BCUT2D eigenvalue weighted by Crippen LogP contribution is -2.07. The summed E-state index contributed by atoms with van der Waals surface area (Å²) in [5.41, 5.74) is 0. The molecule has 0 amide bonds. The highest BCUT2D eigenvalue weighted by atomic mass is 31.2. The molecule has 0 aliphatic heterocycles. The molecule has 0 saturated heterocycles. The lowest BCUT2D eigenvalue weighted by molar-refractivity contribution is 0.274. The molecule has 9 heteroatoms. The highest BCUT2D eigenvalue weighted by Gasteiger charge is 2.00. The van der Waals surface area contributed by atoms with Crippen LogP contribution in [-0.4, -0.2) is 37.1 Å². The molecule has 0 fully saturated rings. The van der Waals surface area contributed by atoms with Crippen LogP contribution in [0.4, 0.5) is 0 Å². The van der Waals surface area contributed by atoms with Crippen molar-refractivity contribution in [1.29, 1.82) is 0 Å². The molecule has 0 saturated carbocycles. The minimum absolute atomic E-state index is 2.17. The first-order chi connectivity index (χ1) is 3.73. The topological polar surface area (TPSA) is 138 Å². The smallest absolute Gasteiger partial charge is 0.402 e. The van der Waals surface area contributed by atoms with Crippen LogP contribution in [0.1, 0.15) is 0 Å². The lowest BCUT2D eigenvalue weighted by atomic mass is 10.3. The van der Waals surface area contributed by atoms with Crippen LogP contribution in [0.3, 0.4) is 0 Å². The fraction of sp³-hybridized carbons (Fsp3) is 0. The van der Waals surface area contributed by atoms with Gasteiger partial charge >= 0.3 is 15.1 Å². The van der Waals surface area contributed by atoms with Gasteiger partial charge in [0.15, 0.2) is 0 Å². The first kappa shape index (κ1) is 11.8. The van der Waals surface area contributed by atoms with Crippen molar-refractivity contribution in [3.8, 4) is 0 Å². The van der Waals surface area contributed by atoms with Crippen LogP contribution in [-0.2, 0) is 4.57 Å². The van der Waals surface area contributed by atoms with E-state index in [1.165, 1.54) is 0 Å². The first-order valence-electron chi connectivity index (χ1n) is 1.56. The van der Waals surface area contributed by atoms with Crippen molar-refractivity contribution >= 4 is 15.1 Å². The molecule has 0 aromatic heterocycles. The Morgan fingerprint density at radius 2 is 1.00 bits per heavy atom. The molecule has 0 spiro atoms. The Labute approximate surface area is 50.6 Å². The summed E-state index contributed by atoms with van der Waals surface area (Å²) in [5.74, 6) is 0. The van der Waals surface area contributed by atoms with Crippen molar-refractivity contribution in [2.24, 2.45) is 0 Å². The van der Waals surface area contributed by atoms with Gasteiger partial charge in [-0.25, -0.2) is 4.57 Å². The zero-order valence-electron chi connectivity index (χ0n) is 4.12. The zero-order chi connectivity index (χ0) is 8.08. The van der Waals surface area contributed by atoms with Gasteiger partial charge in [0, 0.05) is 0 Å². The molecule has 0 radical (unpaired) electrons. The molecule has 56 valence electrons. The second-order valence-corrected chi connectivity index (χ2v) is 1.89. The Hall–Kier alpha value is 0.0549. The third-order valence-electron chi connectivity index (χ3n) is 0. The highest BCUT2D eigenvalue weighted by molar-refractivity contribution is 7.45. The van der Waals surface area contributed by atoms with Gasteiger partial charge in [0.2, 0.25) is 0 Å². The summed E-state index contributed by atoms with van der Waals surface area (Å²) in [4.78, 5) is 21.6. The van der Waals surface area contributed by atoms with E-state index in [0.717, 1.165) is 0 Å². The van der Waals surface area contributed by atoms with Crippen LogP contribution in [0, 0.1) is 0 Å². The third kappa shape index (κ3) is 97900. The molecule has 0 bridgehead atoms. The summed E-state index contributed by atoms with van der Waals surface area (Å²) in [6.45, 7) is 0. The summed E-state index contributed by atoms with van der Waals surface area (Å²) in [7, 11) is -6.81. The highest BCUT2D eigenvalue weighted by Crippen LogP contribution is 2.25. The van der Waals surface area contributed by atoms with Gasteiger partial charge in [-0.05, 0) is 0 Å². The minimum Gasteiger partial charge on any atom is -0.402 e. The predicted molar refractivity (Wildman–Crippen MR) is 26.7 cm³/mol. The van der Waals surface area contributed by atoms with E-state index in [9.17, 15) is 0 Å². The molecule has 0 aromatic carbocycles. The molecule has 6 N–H and O–H groups in total. The molecular weight excluding hydrogens is 154 g/mol. The van der Waals surface area contributed by atoms with E-state index < -0.39 is 15.1 Å². The van der Waals surface area contributed by atoms with E-state index in [0.29, 0.717) is 0 Å². The molecule has 0 aromatic rings. The number of phosphoric acid groups is 1. The van der Waals surface area contributed by atoms with Gasteiger partial charge in [-0.3, -0.25) is 0 Å². The van der Waals surface area contributed by atoms with Gasteiger partial charge in [-0.2, -0.15) is 0 Å². The maximum atomic E-state index is 8.88. The van der Waals surface area contributed by atoms with E-state index in [1.807, 2.05) is 0 Å². The lowest BCUT2D eigenvalue weighted by Gasteiger charge is -1.82. The first-order valence-corrected chi connectivity index (χ1v) is 3.12. The molecule has 0 atom stereocenters. The maximum Gasteiger partial charge on any atom is 0.631 e. The van der Waals surface area contributed by atoms with Crippen LogP contribution in [0.25, 0.3) is 0 Å². The fourth-order valence-electron chi connectivity index (χ4n) is 0. The average molecular weight is 160 g/mol. The maximum absolute atomic E-state index is 8.88. The molecule has 0 rings (SSSR count). The molecular formula is H6BO7P. The quantitative estimate of drug-likeness (QED) is 0.164. The molecule has 0 aliphatic rings. The largest absolute Gasteiger partial charge is 0.631 e. The Balaban J connectivity index is 0. The zero-order valence-corrected chi connectivity index (χ0v) is 5.01. The second kappa shape index (κ2) is 4.89. The van der Waals surface area contributed by atoms with Crippen LogP contribution in [0.15, 0.2) is 0 Å². The average Bonchev–Trinajstić information content (AvgIpc) is 1.19. The summed E-state index contributed by atoms with van der Waals surface area (Å²) < 4.78 is 8.88. The van der Waals surface area contributed by atoms with E-state index in [4.69, 9.17) is 34.3 Å².